The molecule has 0 aliphatic carbocycles. The van der Waals surface area contributed by atoms with Crippen LogP contribution in [0, 0.1) is 6.92 Å². The lowest BCUT2D eigenvalue weighted by molar-refractivity contribution is -0.120. The average molecular weight is 359 g/mol. The second-order valence-electron chi connectivity index (χ2n) is 6.31. The van der Waals surface area contributed by atoms with Crippen molar-refractivity contribution in [2.24, 2.45) is 0 Å². The molecule has 25 heavy (non-hydrogen) atoms. The monoisotopic (exact) mass is 359 g/mol. The number of nitrogens with zero attached hydrogens (tertiary/aromatic N) is 1. The lowest BCUT2D eigenvalue weighted by Crippen LogP contribution is -2.38. The highest BCUT2D eigenvalue weighted by molar-refractivity contribution is 7.90. The highest BCUT2D eigenvalue weighted by atomic mass is 32.2. The molecular formula is C19H21NO4S. The van der Waals surface area contributed by atoms with E-state index in [-0.39, 0.29) is 17.4 Å². The molecule has 1 aliphatic heterocycles. The van der Waals surface area contributed by atoms with Crippen molar-refractivity contribution >= 4 is 21.4 Å². The Labute approximate surface area is 148 Å². The first-order valence-electron chi connectivity index (χ1n) is 8.17. The lowest BCUT2D eigenvalue weighted by Gasteiger charge is -2.29. The van der Waals surface area contributed by atoms with Gasteiger partial charge in [-0.1, -0.05) is 17.7 Å². The molecular weight excluding hydrogens is 338 g/mol. The Hall–Kier alpha value is -2.34. The summed E-state index contributed by atoms with van der Waals surface area (Å²) in [6, 6.07) is 12.5. The van der Waals surface area contributed by atoms with E-state index < -0.39 is 9.84 Å². The van der Waals surface area contributed by atoms with Crippen molar-refractivity contribution in [2.45, 2.75) is 24.7 Å². The maximum Gasteiger partial charge on any atom is 0.264 e. The number of fused-ring (bicyclic) bond motifs is 1. The van der Waals surface area contributed by atoms with Crippen LogP contribution in [0.2, 0.25) is 0 Å². The van der Waals surface area contributed by atoms with Gasteiger partial charge in [-0.05, 0) is 55.7 Å². The van der Waals surface area contributed by atoms with Crippen LogP contribution in [-0.2, 0) is 21.1 Å². The predicted molar refractivity (Wildman–Crippen MR) is 96.9 cm³/mol. The van der Waals surface area contributed by atoms with Crippen molar-refractivity contribution in [3.63, 3.8) is 0 Å². The summed E-state index contributed by atoms with van der Waals surface area (Å²) >= 11 is 0. The highest BCUT2D eigenvalue weighted by Crippen LogP contribution is 2.29. The van der Waals surface area contributed by atoms with E-state index in [1.54, 1.807) is 23.1 Å². The van der Waals surface area contributed by atoms with Crippen LogP contribution in [0.1, 0.15) is 17.5 Å². The number of anilines is 1. The van der Waals surface area contributed by atoms with Crippen LogP contribution in [0.3, 0.4) is 0 Å². The van der Waals surface area contributed by atoms with Gasteiger partial charge in [0.25, 0.3) is 5.91 Å². The van der Waals surface area contributed by atoms with Crippen molar-refractivity contribution in [2.75, 3.05) is 24.3 Å². The molecule has 0 unspecified atom stereocenters. The molecule has 1 amide bonds. The molecule has 0 radical (unpaired) electrons. The Balaban J connectivity index is 1.75. The predicted octanol–water partition coefficient (Wildman–Crippen LogP) is 2.76. The van der Waals surface area contributed by atoms with Gasteiger partial charge in [-0.2, -0.15) is 0 Å². The Bertz CT molecular complexity index is 888. The smallest absolute Gasteiger partial charge is 0.264 e. The Morgan fingerprint density at radius 2 is 1.88 bits per heavy atom. The lowest BCUT2D eigenvalue weighted by atomic mass is 10.0. The van der Waals surface area contributed by atoms with Gasteiger partial charge in [-0.3, -0.25) is 4.79 Å². The van der Waals surface area contributed by atoms with E-state index >= 15 is 0 Å². The molecule has 0 atom stereocenters. The van der Waals surface area contributed by atoms with Gasteiger partial charge in [0.1, 0.15) is 5.75 Å². The third-order valence-electron chi connectivity index (χ3n) is 4.28. The molecule has 0 saturated carbocycles. The maximum absolute atomic E-state index is 12.6. The van der Waals surface area contributed by atoms with Crippen LogP contribution in [0.25, 0.3) is 0 Å². The molecule has 1 heterocycles. The van der Waals surface area contributed by atoms with Gasteiger partial charge < -0.3 is 9.64 Å². The molecule has 1 aliphatic rings. The van der Waals surface area contributed by atoms with Gasteiger partial charge >= 0.3 is 0 Å². The molecule has 0 fully saturated rings. The molecule has 0 aromatic heterocycles. The normalized spacial score (nSPS) is 14.1. The van der Waals surface area contributed by atoms with Crippen LogP contribution in [-0.4, -0.2) is 33.7 Å². The first-order valence-corrected chi connectivity index (χ1v) is 10.1. The van der Waals surface area contributed by atoms with Crippen LogP contribution in [0.15, 0.2) is 47.4 Å². The van der Waals surface area contributed by atoms with Crippen LogP contribution in [0.4, 0.5) is 5.69 Å². The topological polar surface area (TPSA) is 63.7 Å². The molecule has 132 valence electrons. The van der Waals surface area contributed by atoms with Gasteiger partial charge in [0.05, 0.1) is 4.90 Å². The highest BCUT2D eigenvalue weighted by Gasteiger charge is 2.24. The quantitative estimate of drug-likeness (QED) is 0.842. The number of hydrogen-bond donors (Lipinski definition) is 0. The van der Waals surface area contributed by atoms with Crippen LogP contribution in [0.5, 0.6) is 5.75 Å². The zero-order valence-corrected chi connectivity index (χ0v) is 15.2. The van der Waals surface area contributed by atoms with E-state index in [1.165, 1.54) is 6.26 Å². The van der Waals surface area contributed by atoms with Crippen molar-refractivity contribution in [3.05, 3.63) is 53.6 Å². The third-order valence-corrected chi connectivity index (χ3v) is 5.39. The summed E-state index contributed by atoms with van der Waals surface area (Å²) in [4.78, 5) is 14.5. The number of amides is 1. The first kappa shape index (κ1) is 17.5. The molecule has 0 spiro atoms. The summed E-state index contributed by atoms with van der Waals surface area (Å²) in [6.07, 6.45) is 2.76. The van der Waals surface area contributed by atoms with E-state index in [1.807, 2.05) is 31.2 Å². The standard InChI is InChI=1S/C19H21NO4S/c1-14-5-7-16(8-6-14)24-13-19(21)20-11-3-4-15-12-17(25(2,22)23)9-10-18(15)20/h5-10,12H,3-4,11,13H2,1-2H3. The molecule has 0 N–H and O–H groups in total. The van der Waals surface area contributed by atoms with Crippen LogP contribution >= 0.6 is 0 Å². The SMILES string of the molecule is Cc1ccc(OCC(=O)N2CCCc3cc(S(C)(=O)=O)ccc32)cc1. The minimum absolute atomic E-state index is 0.0453. The molecule has 6 heteroatoms. The zero-order chi connectivity index (χ0) is 18.0. The molecule has 3 rings (SSSR count). The summed E-state index contributed by atoms with van der Waals surface area (Å²) in [7, 11) is -3.25. The number of hydrogen-bond acceptors (Lipinski definition) is 4. The summed E-state index contributed by atoms with van der Waals surface area (Å²) in [5.41, 5.74) is 2.79. The van der Waals surface area contributed by atoms with E-state index in [0.717, 1.165) is 29.7 Å². The van der Waals surface area contributed by atoms with Gasteiger partial charge in [-0.15, -0.1) is 0 Å². The second-order valence-corrected chi connectivity index (χ2v) is 8.33. The fourth-order valence-corrected chi connectivity index (χ4v) is 3.59. The van der Waals surface area contributed by atoms with Gasteiger partial charge in [-0.25, -0.2) is 8.42 Å². The maximum atomic E-state index is 12.6. The number of aryl methyl sites for hydroxylation is 2. The molecule has 2 aromatic rings. The number of benzene rings is 2. The number of carbonyl (C=O) groups excluding carboxylic acids is 1. The Morgan fingerprint density at radius 3 is 2.56 bits per heavy atom. The largest absolute Gasteiger partial charge is 0.484 e. The van der Waals surface area contributed by atoms with E-state index in [2.05, 4.69) is 0 Å². The Morgan fingerprint density at radius 1 is 1.16 bits per heavy atom. The summed E-state index contributed by atoms with van der Waals surface area (Å²) in [6.45, 7) is 2.56. The fourth-order valence-electron chi connectivity index (χ4n) is 2.92. The van der Waals surface area contributed by atoms with Crippen molar-refractivity contribution in [1.29, 1.82) is 0 Å². The first-order chi connectivity index (χ1) is 11.8. The van der Waals surface area contributed by atoms with E-state index in [4.69, 9.17) is 4.74 Å². The minimum atomic E-state index is -3.25. The minimum Gasteiger partial charge on any atom is -0.484 e. The number of sulfone groups is 1. The van der Waals surface area contributed by atoms with Gasteiger partial charge in [0, 0.05) is 18.5 Å². The number of carbonyl (C=O) groups is 1. The molecule has 5 nitrogen and oxygen atoms in total. The number of rotatable bonds is 4. The summed E-state index contributed by atoms with van der Waals surface area (Å²) in [5.74, 6) is 0.525. The van der Waals surface area contributed by atoms with E-state index in [0.29, 0.717) is 12.3 Å². The van der Waals surface area contributed by atoms with Crippen molar-refractivity contribution < 1.29 is 17.9 Å². The molecule has 2 aromatic carbocycles. The van der Waals surface area contributed by atoms with Crippen LogP contribution < -0.4 is 9.64 Å². The van der Waals surface area contributed by atoms with E-state index in [9.17, 15) is 13.2 Å². The van der Waals surface area contributed by atoms with Crippen molar-refractivity contribution in [1.82, 2.24) is 0 Å². The average Bonchev–Trinajstić information content (AvgIpc) is 2.59. The summed E-state index contributed by atoms with van der Waals surface area (Å²) in [5, 5.41) is 0. The zero-order valence-electron chi connectivity index (χ0n) is 14.4. The van der Waals surface area contributed by atoms with Crippen molar-refractivity contribution in [3.8, 4) is 5.75 Å². The summed E-state index contributed by atoms with van der Waals surface area (Å²) < 4.78 is 29.0. The molecule has 0 bridgehead atoms. The van der Waals surface area contributed by atoms with Gasteiger partial charge in [0.15, 0.2) is 16.4 Å². The third kappa shape index (κ3) is 4.02. The number of ether oxygens (including phenoxy) is 1. The fraction of sp³-hybridized carbons (Fsp3) is 0.316. The second kappa shape index (κ2) is 6.88. The van der Waals surface area contributed by atoms with Gasteiger partial charge in [0.2, 0.25) is 0 Å². The molecule has 0 saturated heterocycles. The Kier molecular flexibility index (Phi) is 4.81.